The highest BCUT2D eigenvalue weighted by molar-refractivity contribution is 7.90. The van der Waals surface area contributed by atoms with Crippen LogP contribution in [0.3, 0.4) is 0 Å². The highest BCUT2D eigenvalue weighted by Crippen LogP contribution is 2.46. The van der Waals surface area contributed by atoms with Gasteiger partial charge in [-0.3, -0.25) is 0 Å². The number of aromatic nitrogens is 1. The predicted octanol–water partition coefficient (Wildman–Crippen LogP) is 5.53. The minimum Gasteiger partial charge on any atom is -0.616 e. The number of nitrogens with zero attached hydrogens (tertiary/aromatic N) is 1. The molecule has 1 aliphatic carbocycles. The van der Waals surface area contributed by atoms with Crippen molar-refractivity contribution in [1.29, 1.82) is 0 Å². The lowest BCUT2D eigenvalue weighted by Crippen LogP contribution is -2.17. The van der Waals surface area contributed by atoms with Gasteiger partial charge in [0, 0.05) is 11.1 Å². The third kappa shape index (κ3) is 4.96. The van der Waals surface area contributed by atoms with Gasteiger partial charge in [0.25, 0.3) is 0 Å². The van der Waals surface area contributed by atoms with Gasteiger partial charge in [-0.1, -0.05) is 84.0 Å². The number of rotatable bonds is 9. The summed E-state index contributed by atoms with van der Waals surface area (Å²) in [5.41, 5.74) is 5.85. The Labute approximate surface area is 208 Å². The zero-order valence-corrected chi connectivity index (χ0v) is 20.3. The Hall–Kier alpha value is -3.19. The van der Waals surface area contributed by atoms with Gasteiger partial charge >= 0.3 is 0 Å². The van der Waals surface area contributed by atoms with E-state index < -0.39 is 17.3 Å². The zero-order valence-electron chi connectivity index (χ0n) is 19.5. The molecule has 35 heavy (non-hydrogen) atoms. The molecule has 1 fully saturated rings. The summed E-state index contributed by atoms with van der Waals surface area (Å²) in [6.45, 7) is 1.79. The van der Waals surface area contributed by atoms with Crippen LogP contribution in [-0.2, 0) is 27.1 Å². The highest BCUT2D eigenvalue weighted by atomic mass is 32.2. The fourth-order valence-corrected chi connectivity index (χ4v) is 5.67. The number of benzene rings is 3. The number of aliphatic hydroxyl groups excluding tert-OH is 1. The lowest BCUT2D eigenvalue weighted by Gasteiger charge is -2.16. The van der Waals surface area contributed by atoms with E-state index in [9.17, 15) is 14.5 Å². The van der Waals surface area contributed by atoms with Gasteiger partial charge in [0.05, 0.1) is 16.7 Å². The molecule has 1 saturated carbocycles. The zero-order chi connectivity index (χ0) is 24.4. The third-order valence-electron chi connectivity index (χ3n) is 6.71. The summed E-state index contributed by atoms with van der Waals surface area (Å²) in [5, 5.41) is 15.0. The predicted molar refractivity (Wildman–Crippen MR) is 137 cm³/mol. The summed E-state index contributed by atoms with van der Waals surface area (Å²) in [5.74, 6) is 0.991. The maximum Gasteiger partial charge on any atom is 0.173 e. The topological polar surface area (TPSA) is 86.4 Å². The number of carbonyl (C=O) groups is 1. The van der Waals surface area contributed by atoms with Crippen molar-refractivity contribution >= 4 is 17.5 Å². The Kier molecular flexibility index (Phi) is 6.60. The van der Waals surface area contributed by atoms with Crippen LogP contribution < -0.4 is 0 Å². The summed E-state index contributed by atoms with van der Waals surface area (Å²) < 4.78 is 18.2. The highest BCUT2D eigenvalue weighted by Gasteiger charge is 2.44. The average molecular weight is 486 g/mol. The van der Waals surface area contributed by atoms with E-state index in [-0.39, 0.29) is 11.2 Å². The van der Waals surface area contributed by atoms with Crippen LogP contribution in [0.25, 0.3) is 22.5 Å². The second kappa shape index (κ2) is 9.82. The maximum atomic E-state index is 12.7. The summed E-state index contributed by atoms with van der Waals surface area (Å²) in [7, 11) is 0. The molecule has 5 rings (SSSR count). The van der Waals surface area contributed by atoms with Gasteiger partial charge in [-0.25, -0.2) is 0 Å². The first-order valence-electron chi connectivity index (χ1n) is 11.7. The van der Waals surface area contributed by atoms with Crippen molar-refractivity contribution in [3.05, 3.63) is 101 Å². The Morgan fingerprint density at radius 2 is 1.60 bits per heavy atom. The van der Waals surface area contributed by atoms with Crippen molar-refractivity contribution in [2.45, 2.75) is 37.0 Å². The number of aliphatic hydroxyl groups is 1. The van der Waals surface area contributed by atoms with E-state index in [4.69, 9.17) is 4.52 Å². The summed E-state index contributed by atoms with van der Waals surface area (Å²) in [6.07, 6.45) is 1.98. The Morgan fingerprint density at radius 3 is 2.20 bits per heavy atom. The number of hydrogen-bond donors (Lipinski definition) is 1. The molecular weight excluding hydrogens is 458 g/mol. The minimum absolute atomic E-state index is 0.108. The van der Waals surface area contributed by atoms with Gasteiger partial charge < -0.3 is 19.0 Å². The molecule has 1 aliphatic rings. The number of aldehydes is 1. The van der Waals surface area contributed by atoms with Gasteiger partial charge in [0.1, 0.15) is 23.9 Å². The monoisotopic (exact) mass is 485 g/mol. The molecule has 0 spiro atoms. The third-order valence-corrected chi connectivity index (χ3v) is 8.05. The standard InChI is InChI=1S/C29H27NO4S/c1-20-27(26(32)18-35(33)17-21-5-3-2-4-6-21)28(34-30-20)24-9-7-22(8-10-24)23-11-13-25(14-12-23)29(19-31)15-16-29/h2-14,19,26,32H,15-18H2,1H3/t26-,35?/m1/s1. The number of hydrogen-bond acceptors (Lipinski definition) is 5. The number of carbonyl (C=O) groups excluding carboxylic acids is 1. The van der Waals surface area contributed by atoms with Crippen LogP contribution in [0.5, 0.6) is 0 Å². The first-order chi connectivity index (χ1) is 17.0. The van der Waals surface area contributed by atoms with Gasteiger partial charge in [-0.2, -0.15) is 0 Å². The fraction of sp³-hybridized carbons (Fsp3) is 0.241. The van der Waals surface area contributed by atoms with Crippen LogP contribution >= 0.6 is 0 Å². The molecule has 0 amide bonds. The molecule has 5 nitrogen and oxygen atoms in total. The smallest absolute Gasteiger partial charge is 0.173 e. The molecule has 4 aromatic rings. The fourth-order valence-electron chi connectivity index (χ4n) is 4.47. The molecule has 2 atom stereocenters. The second-order valence-electron chi connectivity index (χ2n) is 9.19. The van der Waals surface area contributed by atoms with Gasteiger partial charge in [-0.15, -0.1) is 0 Å². The number of aryl methyl sites for hydroxylation is 1. The molecule has 1 aromatic heterocycles. The Balaban J connectivity index is 1.31. The van der Waals surface area contributed by atoms with E-state index >= 15 is 0 Å². The van der Waals surface area contributed by atoms with Crippen LogP contribution in [0, 0.1) is 6.92 Å². The first kappa shape index (κ1) is 23.5. The second-order valence-corrected chi connectivity index (χ2v) is 10.7. The van der Waals surface area contributed by atoms with Gasteiger partial charge in [0.2, 0.25) is 0 Å². The quantitative estimate of drug-likeness (QED) is 0.249. The molecule has 3 aromatic carbocycles. The van der Waals surface area contributed by atoms with E-state index in [0.717, 1.165) is 46.9 Å². The SMILES string of the molecule is Cc1noc(-c2ccc(-c3ccc(C4(C=O)CC4)cc3)cc2)c1[C@H](O)C[S+]([O-])Cc1ccccc1. The summed E-state index contributed by atoms with van der Waals surface area (Å²) in [6, 6.07) is 25.7. The van der Waals surface area contributed by atoms with Gasteiger partial charge in [0.15, 0.2) is 5.76 Å². The van der Waals surface area contributed by atoms with Crippen molar-refractivity contribution in [3.63, 3.8) is 0 Å². The average Bonchev–Trinajstić information content (AvgIpc) is 3.59. The molecule has 178 valence electrons. The summed E-state index contributed by atoms with van der Waals surface area (Å²) in [4.78, 5) is 11.4. The molecular formula is C29H27NO4S. The van der Waals surface area contributed by atoms with Crippen molar-refractivity contribution < 1.29 is 19.0 Å². The Morgan fingerprint density at radius 1 is 1.00 bits per heavy atom. The van der Waals surface area contributed by atoms with Crippen LogP contribution in [0.15, 0.2) is 83.4 Å². The van der Waals surface area contributed by atoms with Crippen LogP contribution in [0.2, 0.25) is 0 Å². The molecule has 1 unspecified atom stereocenters. The lowest BCUT2D eigenvalue weighted by molar-refractivity contribution is -0.109. The molecule has 0 bridgehead atoms. The first-order valence-corrected chi connectivity index (χ1v) is 13.2. The van der Waals surface area contributed by atoms with Crippen LogP contribution in [0.4, 0.5) is 0 Å². The van der Waals surface area contributed by atoms with Gasteiger partial charge in [-0.05, 0) is 47.6 Å². The van der Waals surface area contributed by atoms with Crippen LogP contribution in [-0.4, -0.2) is 26.9 Å². The minimum atomic E-state index is -1.23. The van der Waals surface area contributed by atoms with Crippen molar-refractivity contribution in [2.24, 2.45) is 0 Å². The molecule has 0 radical (unpaired) electrons. The molecule has 1 heterocycles. The summed E-state index contributed by atoms with van der Waals surface area (Å²) >= 11 is -1.23. The van der Waals surface area contributed by atoms with E-state index in [1.165, 1.54) is 0 Å². The largest absolute Gasteiger partial charge is 0.616 e. The molecule has 6 heteroatoms. The maximum absolute atomic E-state index is 12.7. The normalized spacial score (nSPS) is 16.0. The van der Waals surface area contributed by atoms with Crippen LogP contribution in [0.1, 0.15) is 41.3 Å². The molecule has 0 aliphatic heterocycles. The van der Waals surface area contributed by atoms with E-state index in [1.54, 1.807) is 6.92 Å². The van der Waals surface area contributed by atoms with E-state index in [0.29, 0.717) is 22.8 Å². The lowest BCUT2D eigenvalue weighted by atomic mass is 9.94. The van der Waals surface area contributed by atoms with E-state index in [1.807, 2.05) is 78.9 Å². The molecule has 1 N–H and O–H groups in total. The van der Waals surface area contributed by atoms with E-state index in [2.05, 4.69) is 5.16 Å². The van der Waals surface area contributed by atoms with Crippen molar-refractivity contribution in [1.82, 2.24) is 5.16 Å². The molecule has 0 saturated heterocycles. The Bertz CT molecular complexity index is 1300. The van der Waals surface area contributed by atoms with Crippen molar-refractivity contribution in [3.8, 4) is 22.5 Å². The van der Waals surface area contributed by atoms with Crippen molar-refractivity contribution in [2.75, 3.05) is 5.75 Å².